The molecule has 2 aromatic rings. The largest absolute Gasteiger partial charge is 0.481 e. The van der Waals surface area contributed by atoms with Crippen LogP contribution in [0.15, 0.2) is 73.4 Å². The van der Waals surface area contributed by atoms with Crippen LogP contribution in [0.1, 0.15) is 35.9 Å². The number of nitrogens with zero attached hydrogens (tertiary/aromatic N) is 3. The van der Waals surface area contributed by atoms with Crippen molar-refractivity contribution in [3.05, 3.63) is 94.5 Å². The zero-order valence-electron chi connectivity index (χ0n) is 20.0. The van der Waals surface area contributed by atoms with Crippen LogP contribution in [-0.2, 0) is 37.1 Å². The number of rotatable bonds is 15. The fourth-order valence-corrected chi connectivity index (χ4v) is 3.78. The molecule has 1 amide bonds. The van der Waals surface area contributed by atoms with Gasteiger partial charge in [-0.05, 0) is 54.4 Å². The predicted octanol–water partition coefficient (Wildman–Crippen LogP) is 5.73. The predicted molar refractivity (Wildman–Crippen MR) is 145 cm³/mol. The third-order valence-electron chi connectivity index (χ3n) is 4.63. The number of hydrogen-bond donors (Lipinski definition) is 4. The number of unbranched alkanes of at least 4 members (excludes halogenated alkanes) is 1. The minimum Gasteiger partial charge on any atom is -0.481 e. The summed E-state index contributed by atoms with van der Waals surface area (Å²) in [5.41, 5.74) is 5.22. The van der Waals surface area contributed by atoms with Gasteiger partial charge >= 0.3 is 0 Å². The number of anilines is 1. The number of allylic oxidation sites excluding steroid dienone is 3. The molecule has 196 valence electrons. The molecule has 0 radical (unpaired) electrons. The number of aliphatic hydroxyl groups excluding tert-OH is 1. The molecular weight excluding hydrogens is 684 g/mol. The van der Waals surface area contributed by atoms with Crippen molar-refractivity contribution in [3.8, 4) is 0 Å². The first-order chi connectivity index (χ1) is 17.3. The topological polar surface area (TPSA) is 146 Å². The van der Waals surface area contributed by atoms with Crippen LogP contribution in [0, 0.1) is 10.8 Å². The Bertz CT molecular complexity index is 1150. The van der Waals surface area contributed by atoms with E-state index < -0.39 is 12.0 Å². The van der Waals surface area contributed by atoms with Gasteiger partial charge in [-0.25, -0.2) is 0 Å². The minimum atomic E-state index is -1.37. The Labute approximate surface area is 239 Å². The van der Waals surface area contributed by atoms with Gasteiger partial charge in [0.2, 0.25) is 5.13 Å². The molecule has 9 nitrogen and oxygen atoms in total. The number of aryl methyl sites for hydroxylation is 1. The average molecular weight is 712 g/mol. The van der Waals surface area contributed by atoms with Crippen LogP contribution in [0.5, 0.6) is 0 Å². The Morgan fingerprint density at radius 3 is 2.76 bits per heavy atom. The number of carbonyl (C=O) groups is 1. The van der Waals surface area contributed by atoms with E-state index in [1.165, 1.54) is 29.6 Å². The number of benzene rings is 1. The Hall–Kier alpha value is -2.75. The van der Waals surface area contributed by atoms with E-state index in [9.17, 15) is 9.90 Å². The summed E-state index contributed by atoms with van der Waals surface area (Å²) in [7, 11) is 0. The van der Waals surface area contributed by atoms with Crippen LogP contribution < -0.4 is 5.32 Å². The number of aliphatic hydroxyl groups is 1. The molecule has 0 aliphatic rings. The molecule has 0 spiro atoms. The number of hydrogen-bond acceptors (Lipinski definition) is 8. The number of amidine groups is 1. The van der Waals surface area contributed by atoms with E-state index in [1.807, 2.05) is 0 Å². The van der Waals surface area contributed by atoms with Crippen molar-refractivity contribution in [3.63, 3.8) is 0 Å². The van der Waals surface area contributed by atoms with Gasteiger partial charge in [-0.3, -0.25) is 10.1 Å². The number of nitrogens with one attached hydrogen (secondary N) is 3. The normalized spacial score (nSPS) is 11.9. The maximum atomic E-state index is 12.3. The molecule has 0 saturated carbocycles. The summed E-state index contributed by atoms with van der Waals surface area (Å²) >= 11 is 7.14. The molecular formula is C25H28ClN6O3SW-. The molecule has 37 heavy (non-hydrogen) atoms. The summed E-state index contributed by atoms with van der Waals surface area (Å²) < 4.78 is 0. The Kier molecular flexibility index (Phi) is 15.4. The Morgan fingerprint density at radius 2 is 2.05 bits per heavy atom. The maximum absolute atomic E-state index is 12.3. The van der Waals surface area contributed by atoms with Gasteiger partial charge in [-0.1, -0.05) is 72.5 Å². The number of aromatic nitrogens is 2. The first-order valence-electron chi connectivity index (χ1n) is 11.0. The molecule has 1 unspecified atom stereocenters. The summed E-state index contributed by atoms with van der Waals surface area (Å²) in [6.07, 6.45) is 9.23. The van der Waals surface area contributed by atoms with Gasteiger partial charge in [0.25, 0.3) is 5.91 Å². The van der Waals surface area contributed by atoms with Crippen molar-refractivity contribution in [2.75, 3.05) is 11.9 Å². The van der Waals surface area contributed by atoms with E-state index in [2.05, 4.69) is 34.2 Å². The van der Waals surface area contributed by atoms with E-state index in [0.717, 1.165) is 23.4 Å². The number of amides is 1. The van der Waals surface area contributed by atoms with Gasteiger partial charge in [-0.15, -0.1) is 10.2 Å². The first-order valence-corrected chi connectivity index (χ1v) is 12.2. The van der Waals surface area contributed by atoms with Crippen molar-refractivity contribution in [2.45, 2.75) is 31.8 Å². The SMILES string of the molecule is C=C/C=C(\C=C)CO[N-]C(=N)/C=C\C(=N)CCCCc1nnc(NC(=O)C(O)c2cccc(Cl)c2)s1.[W]. The molecule has 0 aliphatic heterocycles. The van der Waals surface area contributed by atoms with Crippen LogP contribution in [0.2, 0.25) is 5.02 Å². The molecule has 1 aromatic heterocycles. The van der Waals surface area contributed by atoms with E-state index >= 15 is 0 Å². The van der Waals surface area contributed by atoms with Crippen LogP contribution in [0.3, 0.4) is 0 Å². The smallest absolute Gasteiger partial charge is 0.259 e. The maximum Gasteiger partial charge on any atom is 0.259 e. The summed E-state index contributed by atoms with van der Waals surface area (Å²) in [6.45, 7) is 7.43. The second-order valence-electron chi connectivity index (χ2n) is 7.44. The monoisotopic (exact) mass is 711 g/mol. The summed E-state index contributed by atoms with van der Waals surface area (Å²) in [6, 6.07) is 6.45. The van der Waals surface area contributed by atoms with E-state index in [-0.39, 0.29) is 33.5 Å². The fourth-order valence-electron chi connectivity index (χ4n) is 2.79. The zero-order chi connectivity index (χ0) is 26.3. The van der Waals surface area contributed by atoms with Crippen molar-refractivity contribution in [2.24, 2.45) is 0 Å². The van der Waals surface area contributed by atoms with Crippen LogP contribution in [0.25, 0.3) is 5.48 Å². The first kappa shape index (κ1) is 32.3. The van der Waals surface area contributed by atoms with Crippen molar-refractivity contribution >= 4 is 45.5 Å². The van der Waals surface area contributed by atoms with Gasteiger partial charge in [0.1, 0.15) is 5.01 Å². The van der Waals surface area contributed by atoms with E-state index in [4.69, 9.17) is 27.3 Å². The van der Waals surface area contributed by atoms with Crippen LogP contribution in [0.4, 0.5) is 5.13 Å². The number of halogens is 1. The second kappa shape index (κ2) is 17.7. The van der Waals surface area contributed by atoms with Crippen LogP contribution >= 0.6 is 22.9 Å². The van der Waals surface area contributed by atoms with E-state index in [1.54, 1.807) is 36.4 Å². The molecule has 0 saturated heterocycles. The Morgan fingerprint density at radius 1 is 1.27 bits per heavy atom. The van der Waals surface area contributed by atoms with Crippen molar-refractivity contribution in [1.82, 2.24) is 10.2 Å². The molecule has 1 heterocycles. The molecule has 4 N–H and O–H groups in total. The molecule has 1 atom stereocenters. The third kappa shape index (κ3) is 12.4. The van der Waals surface area contributed by atoms with Crippen molar-refractivity contribution < 1.29 is 35.8 Å². The number of hydroxylamine groups is 1. The van der Waals surface area contributed by atoms with Gasteiger partial charge in [-0.2, -0.15) is 0 Å². The van der Waals surface area contributed by atoms with Gasteiger partial charge < -0.3 is 26.2 Å². The van der Waals surface area contributed by atoms with Crippen LogP contribution in [-0.4, -0.2) is 39.4 Å². The summed E-state index contributed by atoms with van der Waals surface area (Å²) in [5.74, 6) is -0.706. The van der Waals surface area contributed by atoms with Gasteiger partial charge in [0.05, 0.1) is 6.61 Å². The Balaban J connectivity index is 0.00000684. The fraction of sp³-hybridized carbons (Fsp3) is 0.240. The number of carbonyl (C=O) groups excluding carboxylic acids is 1. The zero-order valence-corrected chi connectivity index (χ0v) is 24.5. The molecule has 0 fully saturated rings. The summed E-state index contributed by atoms with van der Waals surface area (Å²) in [4.78, 5) is 17.4. The van der Waals surface area contributed by atoms with Crippen molar-refractivity contribution in [1.29, 1.82) is 10.8 Å². The standard InChI is InChI=1S/C25H29ClN6O3S.W/c1-3-8-17(4-2)16-35-32-21(28)14-13-20(27)11-5-6-12-22-30-31-25(36-22)29-24(34)23(33)18-9-7-10-19(26)15-18;/h3-4,7-10,13-15,23,27,33H,1-2,5-6,11-12,16H2,(H3,28,29,31,32,34);/p-1/b14-13-,17-8+,27-20?;. The molecule has 0 aliphatic carbocycles. The summed E-state index contributed by atoms with van der Waals surface area (Å²) in [5, 5.41) is 38.0. The quantitative estimate of drug-likeness (QED) is 0.0613. The van der Waals surface area contributed by atoms with Gasteiger partial charge in [0.15, 0.2) is 6.10 Å². The third-order valence-corrected chi connectivity index (χ3v) is 5.76. The van der Waals surface area contributed by atoms with Gasteiger partial charge in [0, 0.05) is 38.2 Å². The second-order valence-corrected chi connectivity index (χ2v) is 8.94. The molecule has 2 rings (SSSR count). The average Bonchev–Trinajstić information content (AvgIpc) is 3.31. The molecule has 0 bridgehead atoms. The molecule has 1 aromatic carbocycles. The minimum absolute atomic E-state index is 0. The molecule has 12 heteroatoms. The van der Waals surface area contributed by atoms with E-state index in [0.29, 0.717) is 34.3 Å².